The van der Waals surface area contributed by atoms with Crippen LogP contribution in [-0.2, 0) is 11.3 Å². The van der Waals surface area contributed by atoms with Gasteiger partial charge in [-0.2, -0.15) is 0 Å². The Morgan fingerprint density at radius 3 is 2.75 bits per heavy atom. The summed E-state index contributed by atoms with van der Waals surface area (Å²) in [5, 5.41) is 6.68. The topological polar surface area (TPSA) is 56.2 Å². The quantitative estimate of drug-likeness (QED) is 0.505. The molecule has 0 aliphatic rings. The zero-order chi connectivity index (χ0) is 19.5. The number of nitrogens with zero attached hydrogens (tertiary/aromatic N) is 2. The number of thiazole rings is 1. The maximum Gasteiger partial charge on any atom is 0.275 e. The number of hydrogen-bond donors (Lipinski definition) is 1. The van der Waals surface area contributed by atoms with Crippen molar-refractivity contribution in [3.63, 3.8) is 0 Å². The maximum absolute atomic E-state index is 12.6. The molecule has 28 heavy (non-hydrogen) atoms. The molecule has 0 saturated heterocycles. The third-order valence-electron chi connectivity index (χ3n) is 4.59. The molecular formula is C22H21N3O2S. The number of aryl methyl sites for hydroxylation is 1. The van der Waals surface area contributed by atoms with Crippen molar-refractivity contribution in [2.24, 2.45) is 0 Å². The third-order valence-corrected chi connectivity index (χ3v) is 5.46. The Hall–Kier alpha value is -2.96. The maximum atomic E-state index is 12.6. The van der Waals surface area contributed by atoms with Crippen LogP contribution in [0.5, 0.6) is 0 Å². The van der Waals surface area contributed by atoms with E-state index in [0.29, 0.717) is 12.3 Å². The summed E-state index contributed by atoms with van der Waals surface area (Å²) in [5.74, 6) is -0.203. The van der Waals surface area contributed by atoms with E-state index in [1.165, 1.54) is 11.3 Å². The van der Waals surface area contributed by atoms with E-state index in [1.807, 2.05) is 43.3 Å². The minimum Gasteiger partial charge on any atom is -0.383 e. The zero-order valence-corrected chi connectivity index (χ0v) is 16.6. The SMILES string of the molecule is COCCn1c(-c2nc(C(=O)Nc3ccc(C)cc3)cs2)cc2ccccc21. The first kappa shape index (κ1) is 18.4. The number of nitrogens with one attached hydrogen (secondary N) is 1. The molecule has 142 valence electrons. The van der Waals surface area contributed by atoms with Crippen molar-refractivity contribution in [2.75, 3.05) is 19.0 Å². The van der Waals surface area contributed by atoms with E-state index >= 15 is 0 Å². The molecule has 2 aromatic carbocycles. The molecule has 6 heteroatoms. The fourth-order valence-corrected chi connectivity index (χ4v) is 3.96. The van der Waals surface area contributed by atoms with Crippen molar-refractivity contribution in [3.8, 4) is 10.7 Å². The number of carbonyl (C=O) groups is 1. The minimum atomic E-state index is -0.203. The minimum absolute atomic E-state index is 0.203. The van der Waals surface area contributed by atoms with Gasteiger partial charge < -0.3 is 14.6 Å². The second-order valence-electron chi connectivity index (χ2n) is 6.59. The fourth-order valence-electron chi connectivity index (χ4n) is 3.14. The monoisotopic (exact) mass is 391 g/mol. The number of carbonyl (C=O) groups excluding carboxylic acids is 1. The van der Waals surface area contributed by atoms with E-state index in [4.69, 9.17) is 4.74 Å². The predicted molar refractivity (Wildman–Crippen MR) is 114 cm³/mol. The Morgan fingerprint density at radius 2 is 1.96 bits per heavy atom. The molecule has 0 bridgehead atoms. The first-order valence-corrected chi connectivity index (χ1v) is 9.95. The third kappa shape index (κ3) is 3.69. The van der Waals surface area contributed by atoms with E-state index in [2.05, 4.69) is 33.1 Å². The molecule has 0 radical (unpaired) electrons. The smallest absolute Gasteiger partial charge is 0.275 e. The van der Waals surface area contributed by atoms with Crippen LogP contribution in [0.4, 0.5) is 5.69 Å². The Balaban J connectivity index is 1.63. The summed E-state index contributed by atoms with van der Waals surface area (Å²) >= 11 is 1.47. The standard InChI is InChI=1S/C22H21N3O2S/c1-15-7-9-17(10-8-15)23-21(26)18-14-28-22(24-18)20-13-16-5-3-4-6-19(16)25(20)11-12-27-2/h3-10,13-14H,11-12H2,1-2H3,(H,23,26). The highest BCUT2D eigenvalue weighted by Crippen LogP contribution is 2.30. The van der Waals surface area contributed by atoms with Crippen molar-refractivity contribution in [3.05, 3.63) is 71.2 Å². The summed E-state index contributed by atoms with van der Waals surface area (Å²) in [6.45, 7) is 3.35. The number of para-hydroxylation sites is 1. The van der Waals surface area contributed by atoms with E-state index in [-0.39, 0.29) is 5.91 Å². The first-order chi connectivity index (χ1) is 13.7. The summed E-state index contributed by atoms with van der Waals surface area (Å²) in [4.78, 5) is 17.2. The molecule has 0 spiro atoms. The van der Waals surface area contributed by atoms with Gasteiger partial charge in [-0.05, 0) is 31.2 Å². The predicted octanol–water partition coefficient (Wildman–Crippen LogP) is 4.97. The molecule has 0 aliphatic heterocycles. The van der Waals surface area contributed by atoms with Crippen molar-refractivity contribution < 1.29 is 9.53 Å². The Kier molecular flexibility index (Phi) is 5.23. The molecule has 0 fully saturated rings. The van der Waals surface area contributed by atoms with Gasteiger partial charge in [0, 0.05) is 35.6 Å². The fraction of sp³-hybridized carbons (Fsp3) is 0.182. The average molecular weight is 391 g/mol. The number of amides is 1. The number of methoxy groups -OCH3 is 1. The van der Waals surface area contributed by atoms with Gasteiger partial charge in [0.15, 0.2) is 0 Å². The van der Waals surface area contributed by atoms with E-state index in [9.17, 15) is 4.79 Å². The molecule has 4 aromatic rings. The Morgan fingerprint density at radius 1 is 1.18 bits per heavy atom. The lowest BCUT2D eigenvalue weighted by Gasteiger charge is -2.08. The Labute approximate surface area is 167 Å². The van der Waals surface area contributed by atoms with Crippen molar-refractivity contribution in [2.45, 2.75) is 13.5 Å². The number of fused-ring (bicyclic) bond motifs is 1. The van der Waals surface area contributed by atoms with Crippen LogP contribution in [0.1, 0.15) is 16.1 Å². The van der Waals surface area contributed by atoms with Gasteiger partial charge in [-0.1, -0.05) is 35.9 Å². The molecule has 1 N–H and O–H groups in total. The van der Waals surface area contributed by atoms with Gasteiger partial charge in [0.2, 0.25) is 0 Å². The first-order valence-electron chi connectivity index (χ1n) is 9.07. The summed E-state index contributed by atoms with van der Waals surface area (Å²) in [6.07, 6.45) is 0. The lowest BCUT2D eigenvalue weighted by Crippen LogP contribution is -2.12. The highest BCUT2D eigenvalue weighted by Gasteiger charge is 2.16. The van der Waals surface area contributed by atoms with Crippen LogP contribution < -0.4 is 5.32 Å². The van der Waals surface area contributed by atoms with E-state index in [1.54, 1.807) is 12.5 Å². The number of anilines is 1. The summed E-state index contributed by atoms with van der Waals surface area (Å²) in [5.41, 5.74) is 4.47. The van der Waals surface area contributed by atoms with Gasteiger partial charge >= 0.3 is 0 Å². The van der Waals surface area contributed by atoms with Gasteiger partial charge in [0.05, 0.1) is 12.3 Å². The second kappa shape index (κ2) is 7.96. The van der Waals surface area contributed by atoms with Gasteiger partial charge in [0.25, 0.3) is 5.91 Å². The summed E-state index contributed by atoms with van der Waals surface area (Å²) in [6, 6.07) is 18.1. The van der Waals surface area contributed by atoms with Crippen LogP contribution in [0.2, 0.25) is 0 Å². The molecule has 2 heterocycles. The summed E-state index contributed by atoms with van der Waals surface area (Å²) in [7, 11) is 1.70. The summed E-state index contributed by atoms with van der Waals surface area (Å²) < 4.78 is 7.46. The van der Waals surface area contributed by atoms with Crippen LogP contribution >= 0.6 is 11.3 Å². The highest BCUT2D eigenvalue weighted by molar-refractivity contribution is 7.13. The van der Waals surface area contributed by atoms with Crippen LogP contribution in [0.3, 0.4) is 0 Å². The molecule has 4 rings (SSSR count). The van der Waals surface area contributed by atoms with Crippen molar-refractivity contribution in [1.82, 2.24) is 9.55 Å². The molecule has 0 saturated carbocycles. The lowest BCUT2D eigenvalue weighted by atomic mass is 10.2. The van der Waals surface area contributed by atoms with Crippen molar-refractivity contribution in [1.29, 1.82) is 0 Å². The normalized spacial score (nSPS) is 11.1. The largest absolute Gasteiger partial charge is 0.383 e. The molecule has 2 aromatic heterocycles. The van der Waals surface area contributed by atoms with Crippen molar-refractivity contribution >= 4 is 33.8 Å². The number of rotatable bonds is 6. The number of benzene rings is 2. The van der Waals surface area contributed by atoms with Crippen LogP contribution in [-0.4, -0.2) is 29.2 Å². The molecule has 1 amide bonds. The lowest BCUT2D eigenvalue weighted by molar-refractivity contribution is 0.102. The van der Waals surface area contributed by atoms with Crippen LogP contribution in [0.25, 0.3) is 21.6 Å². The number of ether oxygens (including phenoxy) is 1. The average Bonchev–Trinajstić information content (AvgIpc) is 3.33. The van der Waals surface area contributed by atoms with Gasteiger partial charge in [-0.15, -0.1) is 11.3 Å². The zero-order valence-electron chi connectivity index (χ0n) is 15.8. The molecule has 0 atom stereocenters. The molecular weight excluding hydrogens is 370 g/mol. The molecule has 5 nitrogen and oxygen atoms in total. The van der Waals surface area contributed by atoms with Crippen LogP contribution in [0, 0.1) is 6.92 Å². The van der Waals surface area contributed by atoms with Gasteiger partial charge in [-0.25, -0.2) is 4.98 Å². The van der Waals surface area contributed by atoms with Gasteiger partial charge in [0.1, 0.15) is 10.7 Å². The molecule has 0 unspecified atom stereocenters. The second-order valence-corrected chi connectivity index (χ2v) is 7.45. The Bertz CT molecular complexity index is 1110. The number of aromatic nitrogens is 2. The molecule has 0 aliphatic carbocycles. The van der Waals surface area contributed by atoms with Gasteiger partial charge in [-0.3, -0.25) is 4.79 Å². The van der Waals surface area contributed by atoms with E-state index in [0.717, 1.165) is 39.4 Å². The highest BCUT2D eigenvalue weighted by atomic mass is 32.1. The van der Waals surface area contributed by atoms with E-state index < -0.39 is 0 Å². The van der Waals surface area contributed by atoms with Crippen LogP contribution in [0.15, 0.2) is 60.0 Å². The number of hydrogen-bond acceptors (Lipinski definition) is 4.